The number of carbonyl (C=O) groups excluding carboxylic acids is 1. The molecule has 23 heavy (non-hydrogen) atoms. The lowest BCUT2D eigenvalue weighted by molar-refractivity contribution is -0.132. The van der Waals surface area contributed by atoms with Crippen molar-refractivity contribution in [1.29, 1.82) is 0 Å². The van der Waals surface area contributed by atoms with E-state index in [1.54, 1.807) is 36.4 Å². The monoisotopic (exact) mass is 335 g/mol. The summed E-state index contributed by atoms with van der Waals surface area (Å²) in [5.74, 6) is 0.0507. The van der Waals surface area contributed by atoms with Gasteiger partial charge in [-0.1, -0.05) is 32.0 Å². The number of hydrogen-bond acceptors (Lipinski definition) is 4. The molecule has 1 aromatic rings. The summed E-state index contributed by atoms with van der Waals surface area (Å²) in [7, 11) is -3.55. The maximum Gasteiger partial charge on any atom is 0.243 e. The lowest BCUT2D eigenvalue weighted by atomic mass is 9.72. The van der Waals surface area contributed by atoms with Crippen molar-refractivity contribution in [3.05, 3.63) is 42.5 Å². The van der Waals surface area contributed by atoms with Crippen molar-refractivity contribution in [3.63, 3.8) is 0 Å². The zero-order valence-electron chi connectivity index (χ0n) is 13.4. The summed E-state index contributed by atoms with van der Waals surface area (Å²) >= 11 is 0. The Morgan fingerprint density at radius 3 is 2.52 bits per heavy atom. The van der Waals surface area contributed by atoms with E-state index in [2.05, 4.69) is 0 Å². The lowest BCUT2D eigenvalue weighted by Gasteiger charge is -2.45. The lowest BCUT2D eigenvalue weighted by Crippen LogP contribution is -2.56. The van der Waals surface area contributed by atoms with E-state index < -0.39 is 21.0 Å². The van der Waals surface area contributed by atoms with Gasteiger partial charge in [-0.15, -0.1) is 0 Å². The second kappa shape index (κ2) is 5.54. The number of allylic oxidation sites excluding steroid dienone is 1. The molecule has 124 valence electrons. The number of rotatable bonds is 2. The molecule has 6 heteroatoms. The van der Waals surface area contributed by atoms with Crippen molar-refractivity contribution >= 4 is 15.8 Å². The van der Waals surface area contributed by atoms with Crippen LogP contribution < -0.4 is 0 Å². The molecule has 2 aliphatic rings. The molecular weight excluding hydrogens is 314 g/mol. The van der Waals surface area contributed by atoms with Crippen LogP contribution in [0.5, 0.6) is 0 Å². The topological polar surface area (TPSA) is 63.7 Å². The predicted molar refractivity (Wildman–Crippen MR) is 86.4 cm³/mol. The quantitative estimate of drug-likeness (QED) is 0.829. The zero-order chi connectivity index (χ0) is 16.7. The van der Waals surface area contributed by atoms with Crippen LogP contribution in [0.1, 0.15) is 20.3 Å². The minimum Gasteiger partial charge on any atom is -0.368 e. The van der Waals surface area contributed by atoms with Gasteiger partial charge in [-0.2, -0.15) is 4.31 Å². The van der Waals surface area contributed by atoms with Crippen molar-refractivity contribution in [1.82, 2.24) is 4.31 Å². The molecule has 1 aromatic carbocycles. The average molecular weight is 335 g/mol. The Balaban J connectivity index is 1.90. The van der Waals surface area contributed by atoms with Crippen molar-refractivity contribution in [2.24, 2.45) is 5.41 Å². The molecule has 1 atom stereocenters. The van der Waals surface area contributed by atoms with Gasteiger partial charge in [0.1, 0.15) is 5.60 Å². The second-order valence-electron chi connectivity index (χ2n) is 6.82. The van der Waals surface area contributed by atoms with Crippen molar-refractivity contribution in [2.45, 2.75) is 30.8 Å². The number of morpholine rings is 1. The third kappa shape index (κ3) is 2.98. The highest BCUT2D eigenvalue weighted by atomic mass is 32.2. The Hall–Kier alpha value is -1.50. The number of ketones is 1. The summed E-state index contributed by atoms with van der Waals surface area (Å²) < 4.78 is 33.0. The van der Waals surface area contributed by atoms with Gasteiger partial charge in [0.2, 0.25) is 10.0 Å². The van der Waals surface area contributed by atoms with Crippen LogP contribution in [0.15, 0.2) is 47.4 Å². The van der Waals surface area contributed by atoms with Crippen molar-refractivity contribution in [3.8, 4) is 0 Å². The van der Waals surface area contributed by atoms with E-state index in [9.17, 15) is 13.2 Å². The van der Waals surface area contributed by atoms with Gasteiger partial charge < -0.3 is 4.74 Å². The van der Waals surface area contributed by atoms with Crippen LogP contribution in [0.2, 0.25) is 0 Å². The molecule has 1 saturated heterocycles. The van der Waals surface area contributed by atoms with Gasteiger partial charge in [0.05, 0.1) is 11.5 Å². The minimum atomic E-state index is -3.55. The molecule has 1 unspecified atom stereocenters. The highest BCUT2D eigenvalue weighted by Crippen LogP contribution is 2.39. The van der Waals surface area contributed by atoms with Crippen LogP contribution in [0, 0.1) is 5.41 Å². The molecular formula is C17H21NO4S. The van der Waals surface area contributed by atoms with Crippen LogP contribution in [-0.4, -0.2) is 43.8 Å². The predicted octanol–water partition coefficient (Wildman–Crippen LogP) is 2.00. The smallest absolute Gasteiger partial charge is 0.243 e. The summed E-state index contributed by atoms with van der Waals surface area (Å²) in [6, 6.07) is 8.41. The first-order valence-corrected chi connectivity index (χ1v) is 9.12. The molecule has 1 aliphatic heterocycles. The van der Waals surface area contributed by atoms with Crippen molar-refractivity contribution in [2.75, 3.05) is 19.7 Å². The summed E-state index contributed by atoms with van der Waals surface area (Å²) in [5.41, 5.74) is -1.27. The number of sulfonamides is 1. The van der Waals surface area contributed by atoms with Gasteiger partial charge in [-0.25, -0.2) is 8.42 Å². The summed E-state index contributed by atoms with van der Waals surface area (Å²) in [5, 5.41) is 0. The van der Waals surface area contributed by atoms with Crippen LogP contribution in [0.4, 0.5) is 0 Å². The molecule has 1 fully saturated rings. The molecule has 0 bridgehead atoms. The molecule has 1 spiro atoms. The molecule has 1 aliphatic carbocycles. The SMILES string of the molecule is CC1(C)CC2(C=CC1=O)CN(S(=O)(=O)c1ccccc1)CCO2. The second-order valence-corrected chi connectivity index (χ2v) is 8.76. The Morgan fingerprint density at radius 1 is 1.17 bits per heavy atom. The molecule has 1 heterocycles. The molecule has 0 N–H and O–H groups in total. The van der Waals surface area contributed by atoms with Gasteiger partial charge in [0, 0.05) is 18.5 Å². The van der Waals surface area contributed by atoms with Gasteiger partial charge in [-0.3, -0.25) is 4.79 Å². The fourth-order valence-corrected chi connectivity index (χ4v) is 4.78. The van der Waals surface area contributed by atoms with Crippen LogP contribution >= 0.6 is 0 Å². The fourth-order valence-electron chi connectivity index (χ4n) is 3.28. The van der Waals surface area contributed by atoms with Gasteiger partial charge in [-0.05, 0) is 30.7 Å². The molecule has 5 nitrogen and oxygen atoms in total. The van der Waals surface area contributed by atoms with Gasteiger partial charge in [0.25, 0.3) is 0 Å². The summed E-state index contributed by atoms with van der Waals surface area (Å²) in [6.07, 6.45) is 3.74. The van der Waals surface area contributed by atoms with E-state index in [0.717, 1.165) is 0 Å². The highest BCUT2D eigenvalue weighted by molar-refractivity contribution is 7.89. The Kier molecular flexibility index (Phi) is 3.94. The third-order valence-corrected chi connectivity index (χ3v) is 6.36. The zero-order valence-corrected chi connectivity index (χ0v) is 14.2. The maximum atomic E-state index is 12.8. The van der Waals surface area contributed by atoms with E-state index in [1.165, 1.54) is 10.4 Å². The van der Waals surface area contributed by atoms with Gasteiger partial charge >= 0.3 is 0 Å². The summed E-state index contributed by atoms with van der Waals surface area (Å²) in [6.45, 7) is 4.61. The first kappa shape index (κ1) is 16.4. The molecule has 0 radical (unpaired) electrons. The maximum absolute atomic E-state index is 12.8. The molecule has 0 saturated carbocycles. The van der Waals surface area contributed by atoms with Gasteiger partial charge in [0.15, 0.2) is 5.78 Å². The van der Waals surface area contributed by atoms with E-state index in [4.69, 9.17) is 4.74 Å². The molecule has 3 rings (SSSR count). The Labute approximate surface area is 137 Å². The minimum absolute atomic E-state index is 0.0507. The Bertz CT molecular complexity index is 739. The highest BCUT2D eigenvalue weighted by Gasteiger charge is 2.46. The third-order valence-electron chi connectivity index (χ3n) is 4.50. The number of hydrogen-bond donors (Lipinski definition) is 0. The fraction of sp³-hybridized carbons (Fsp3) is 0.471. The number of ether oxygens (including phenoxy) is 1. The number of carbonyl (C=O) groups is 1. The van der Waals surface area contributed by atoms with E-state index in [1.807, 2.05) is 13.8 Å². The van der Waals surface area contributed by atoms with Crippen molar-refractivity contribution < 1.29 is 17.9 Å². The first-order chi connectivity index (χ1) is 10.8. The molecule has 0 aromatic heterocycles. The van der Waals surface area contributed by atoms with Crippen LogP contribution in [0.3, 0.4) is 0 Å². The van der Waals surface area contributed by atoms with E-state index in [-0.39, 0.29) is 17.2 Å². The number of nitrogens with zero attached hydrogens (tertiary/aromatic N) is 1. The van der Waals surface area contributed by atoms with Crippen LogP contribution in [0.25, 0.3) is 0 Å². The molecule has 0 amide bonds. The standard InChI is InChI=1S/C17H21NO4S/c1-16(2)12-17(9-8-15(16)19)13-18(10-11-22-17)23(20,21)14-6-4-3-5-7-14/h3-9H,10-13H2,1-2H3. The average Bonchev–Trinajstić information content (AvgIpc) is 2.52. The Morgan fingerprint density at radius 2 is 1.87 bits per heavy atom. The summed E-state index contributed by atoms with van der Waals surface area (Å²) in [4.78, 5) is 12.3. The first-order valence-electron chi connectivity index (χ1n) is 7.68. The largest absolute Gasteiger partial charge is 0.368 e. The van der Waals surface area contributed by atoms with E-state index in [0.29, 0.717) is 19.6 Å². The normalized spacial score (nSPS) is 28.2. The van der Waals surface area contributed by atoms with E-state index >= 15 is 0 Å². The van der Waals surface area contributed by atoms with Crippen LogP contribution in [-0.2, 0) is 19.6 Å². The number of benzene rings is 1.